The van der Waals surface area contributed by atoms with Crippen molar-refractivity contribution in [2.75, 3.05) is 0 Å². The molecule has 0 aromatic heterocycles. The Kier molecular flexibility index (Phi) is 22.0. The van der Waals surface area contributed by atoms with E-state index in [0.29, 0.717) is 44.4 Å². The van der Waals surface area contributed by atoms with E-state index < -0.39 is 18.3 Å². The van der Waals surface area contributed by atoms with E-state index in [1.54, 1.807) is 55.5 Å². The van der Waals surface area contributed by atoms with E-state index in [0.717, 1.165) is 6.42 Å². The first-order valence-electron chi connectivity index (χ1n) is 13.4. The lowest BCUT2D eigenvalue weighted by molar-refractivity contribution is -0.118. The number of carbonyl (C=O) groups is 2. The molecule has 0 unspecified atom stereocenters. The van der Waals surface area contributed by atoms with Gasteiger partial charge in [-0.1, -0.05) is 73.0 Å². The standard InChI is InChI=1S/C17H22O3.C16H22O3/c1-3-4-11-16(19)12-7-5-6-8-13-17(20)14-9-10-15(2)18;1-13(17)8-11-15(18)6-4-2-3-5-7-16(19)12-14-9-10-14/h5-7,12,16-17,19-20H,9-11,14H2,1-2H3;2-3,5,7,14-16,18-19H,8-12H2,1H3/b6-5+,12-7+;3-2+,7-5+/t16-,17-;15-,16+/m11/s1. The Hall–Kier alpha value is -3.18. The zero-order valence-electron chi connectivity index (χ0n) is 23.5. The first kappa shape index (κ1) is 35.8. The molecular formula is C33H44O6. The summed E-state index contributed by atoms with van der Waals surface area (Å²) in [7, 11) is 0. The summed E-state index contributed by atoms with van der Waals surface area (Å²) in [6.07, 6.45) is 17.2. The van der Waals surface area contributed by atoms with Crippen molar-refractivity contribution >= 4 is 11.6 Å². The highest BCUT2D eigenvalue weighted by molar-refractivity contribution is 5.75. The number of Topliss-reactive ketones (excluding diaryl/α,β-unsaturated/α-hetero) is 2. The lowest BCUT2D eigenvalue weighted by Gasteiger charge is -2.01. The van der Waals surface area contributed by atoms with Crippen LogP contribution in [0.2, 0.25) is 0 Å². The Morgan fingerprint density at radius 2 is 1.33 bits per heavy atom. The minimum absolute atomic E-state index is 0.0592. The Morgan fingerprint density at radius 1 is 0.795 bits per heavy atom. The Morgan fingerprint density at radius 3 is 1.85 bits per heavy atom. The average molecular weight is 537 g/mol. The van der Waals surface area contributed by atoms with Crippen LogP contribution in [0.1, 0.15) is 78.6 Å². The molecule has 0 amide bonds. The highest BCUT2D eigenvalue weighted by Gasteiger charge is 2.23. The smallest absolute Gasteiger partial charge is 0.129 e. The van der Waals surface area contributed by atoms with E-state index in [1.807, 2.05) is 0 Å². The Bertz CT molecular complexity index is 1010. The van der Waals surface area contributed by atoms with Gasteiger partial charge in [0.2, 0.25) is 0 Å². The third kappa shape index (κ3) is 27.7. The van der Waals surface area contributed by atoms with Crippen molar-refractivity contribution in [3.63, 3.8) is 0 Å². The molecule has 1 aliphatic rings. The zero-order valence-corrected chi connectivity index (χ0v) is 23.5. The van der Waals surface area contributed by atoms with Gasteiger partial charge in [0.15, 0.2) is 0 Å². The van der Waals surface area contributed by atoms with Crippen LogP contribution in [0, 0.1) is 41.4 Å². The quantitative estimate of drug-likeness (QED) is 0.197. The van der Waals surface area contributed by atoms with Crippen molar-refractivity contribution in [1.82, 2.24) is 0 Å². The third-order valence-corrected chi connectivity index (χ3v) is 5.28. The largest absolute Gasteiger partial charge is 0.389 e. The fourth-order valence-corrected chi connectivity index (χ4v) is 2.96. The summed E-state index contributed by atoms with van der Waals surface area (Å²) >= 11 is 0. The van der Waals surface area contributed by atoms with Gasteiger partial charge < -0.3 is 30.0 Å². The second kappa shape index (κ2) is 23.9. The molecule has 1 fully saturated rings. The van der Waals surface area contributed by atoms with Gasteiger partial charge in [-0.25, -0.2) is 0 Å². The van der Waals surface area contributed by atoms with Gasteiger partial charge in [0.25, 0.3) is 0 Å². The van der Waals surface area contributed by atoms with E-state index in [-0.39, 0.29) is 17.7 Å². The van der Waals surface area contributed by atoms with E-state index in [2.05, 4.69) is 35.5 Å². The molecule has 0 saturated heterocycles. The lowest BCUT2D eigenvalue weighted by atomic mass is 10.1. The fourth-order valence-electron chi connectivity index (χ4n) is 2.96. The van der Waals surface area contributed by atoms with Gasteiger partial charge in [-0.3, -0.25) is 0 Å². The van der Waals surface area contributed by atoms with Crippen LogP contribution in [0.5, 0.6) is 0 Å². The van der Waals surface area contributed by atoms with Gasteiger partial charge in [0, 0.05) is 19.3 Å². The van der Waals surface area contributed by atoms with Crippen molar-refractivity contribution in [1.29, 1.82) is 0 Å². The normalized spacial score (nSPS) is 15.8. The van der Waals surface area contributed by atoms with Crippen LogP contribution in [0.3, 0.4) is 0 Å². The molecule has 0 aliphatic heterocycles. The van der Waals surface area contributed by atoms with Crippen LogP contribution in [0.4, 0.5) is 0 Å². The minimum Gasteiger partial charge on any atom is -0.389 e. The van der Waals surface area contributed by atoms with E-state index >= 15 is 0 Å². The number of hydrogen-bond acceptors (Lipinski definition) is 6. The van der Waals surface area contributed by atoms with E-state index in [1.165, 1.54) is 26.7 Å². The summed E-state index contributed by atoms with van der Waals surface area (Å²) in [6, 6.07) is 0. The summed E-state index contributed by atoms with van der Waals surface area (Å²) in [5, 5.41) is 38.0. The highest BCUT2D eigenvalue weighted by atomic mass is 16.3. The molecule has 0 spiro atoms. The Balaban J connectivity index is 0.000000741. The number of carbonyl (C=O) groups excluding carboxylic acids is 2. The summed E-state index contributed by atoms with van der Waals surface area (Å²) in [4.78, 5) is 21.4. The molecule has 1 rings (SSSR count). The van der Waals surface area contributed by atoms with Gasteiger partial charge in [-0.15, -0.1) is 11.8 Å². The monoisotopic (exact) mass is 536 g/mol. The second-order valence-electron chi connectivity index (χ2n) is 9.38. The van der Waals surface area contributed by atoms with Gasteiger partial charge in [-0.2, -0.15) is 0 Å². The minimum atomic E-state index is -0.752. The lowest BCUT2D eigenvalue weighted by Crippen LogP contribution is -2.05. The number of hydrogen-bond donors (Lipinski definition) is 4. The van der Waals surface area contributed by atoms with Crippen molar-refractivity contribution in [2.24, 2.45) is 5.92 Å². The van der Waals surface area contributed by atoms with Gasteiger partial charge >= 0.3 is 0 Å². The van der Waals surface area contributed by atoms with Crippen LogP contribution in [-0.2, 0) is 9.59 Å². The molecule has 1 aliphatic carbocycles. The highest BCUT2D eigenvalue weighted by Crippen LogP contribution is 2.33. The van der Waals surface area contributed by atoms with Gasteiger partial charge in [-0.05, 0) is 64.5 Å². The molecule has 39 heavy (non-hydrogen) atoms. The van der Waals surface area contributed by atoms with Crippen LogP contribution in [0.15, 0.2) is 48.6 Å². The van der Waals surface area contributed by atoms with Gasteiger partial charge in [0.1, 0.15) is 23.8 Å². The first-order valence-corrected chi connectivity index (χ1v) is 13.4. The first-order chi connectivity index (χ1) is 18.6. The number of ketones is 2. The fraction of sp³-hybridized carbons (Fsp3) is 0.515. The maximum absolute atomic E-state index is 10.7. The topological polar surface area (TPSA) is 115 Å². The average Bonchev–Trinajstić information content (AvgIpc) is 3.69. The summed E-state index contributed by atoms with van der Waals surface area (Å²) in [6.45, 7) is 4.76. The summed E-state index contributed by atoms with van der Waals surface area (Å²) in [5.41, 5.74) is 0. The molecule has 212 valence electrons. The zero-order chi connectivity index (χ0) is 29.3. The molecule has 0 heterocycles. The molecule has 6 heteroatoms. The molecule has 0 radical (unpaired) electrons. The van der Waals surface area contributed by atoms with Crippen LogP contribution < -0.4 is 0 Å². The predicted octanol–water partition coefficient (Wildman–Crippen LogP) is 3.99. The third-order valence-electron chi connectivity index (χ3n) is 5.28. The van der Waals surface area contributed by atoms with Crippen LogP contribution in [0.25, 0.3) is 0 Å². The number of rotatable bonds is 14. The second-order valence-corrected chi connectivity index (χ2v) is 9.38. The molecule has 4 N–H and O–H groups in total. The molecule has 1 saturated carbocycles. The molecule has 0 bridgehead atoms. The van der Waals surface area contributed by atoms with Crippen LogP contribution >= 0.6 is 0 Å². The summed E-state index contributed by atoms with van der Waals surface area (Å²) in [5.74, 6) is 17.1. The predicted molar refractivity (Wildman–Crippen MR) is 156 cm³/mol. The van der Waals surface area contributed by atoms with E-state index in [9.17, 15) is 30.0 Å². The summed E-state index contributed by atoms with van der Waals surface area (Å²) < 4.78 is 0. The molecule has 0 aromatic carbocycles. The Labute approximate surface area is 234 Å². The van der Waals surface area contributed by atoms with E-state index in [4.69, 9.17) is 0 Å². The van der Waals surface area contributed by atoms with Gasteiger partial charge in [0.05, 0.1) is 12.2 Å². The number of allylic oxidation sites excluding steroid dienone is 6. The molecule has 4 atom stereocenters. The molecule has 6 nitrogen and oxygen atoms in total. The number of aliphatic hydroxyl groups is 4. The van der Waals surface area contributed by atoms with Crippen molar-refractivity contribution in [3.8, 4) is 35.5 Å². The molecular weight excluding hydrogens is 492 g/mol. The van der Waals surface area contributed by atoms with Crippen molar-refractivity contribution < 1.29 is 30.0 Å². The maximum atomic E-state index is 10.7. The SMILES string of the molecule is CC#CC[C@@H](O)/C=C/C=C/C#C[C@@H](O)CCCC(C)=O.CC(=O)CC[C@H](O)C#C/C=C/C=C/[C@H](O)CC1CC1. The van der Waals surface area contributed by atoms with Crippen molar-refractivity contribution in [3.05, 3.63) is 48.6 Å². The molecule has 0 aromatic rings. The number of aliphatic hydroxyl groups excluding tert-OH is 4. The van der Waals surface area contributed by atoms with Crippen LogP contribution in [-0.4, -0.2) is 56.4 Å². The maximum Gasteiger partial charge on any atom is 0.129 e. The van der Waals surface area contributed by atoms with Crippen molar-refractivity contribution in [2.45, 2.75) is 103 Å².